The predicted molar refractivity (Wildman–Crippen MR) is 198 cm³/mol. The second kappa shape index (κ2) is 10.9. The lowest BCUT2D eigenvalue weighted by atomic mass is 9.89. The third kappa shape index (κ3) is 4.55. The van der Waals surface area contributed by atoms with Gasteiger partial charge in [-0.05, 0) is 112 Å². The molecule has 0 saturated heterocycles. The molecule has 0 atom stereocenters. The Hall–Kier alpha value is -5.98. The molecule has 0 unspecified atom stereocenters. The Kier molecular flexibility index (Phi) is 6.25. The predicted octanol–water partition coefficient (Wildman–Crippen LogP) is 13.0. The smallest absolute Gasteiger partial charge is 0.00928 e. The van der Waals surface area contributed by atoms with Crippen LogP contribution in [0.4, 0.5) is 0 Å². The minimum absolute atomic E-state index is 1.22. The minimum atomic E-state index is 1.22. The maximum atomic E-state index is 2.39. The zero-order valence-electron chi connectivity index (χ0n) is 25.3. The van der Waals surface area contributed by atoms with E-state index < -0.39 is 0 Å². The van der Waals surface area contributed by atoms with Crippen molar-refractivity contribution in [2.45, 2.75) is 0 Å². The molecular weight excluding hydrogens is 553 g/mol. The molecule has 0 aromatic heterocycles. The molecule has 0 aliphatic carbocycles. The molecule has 0 saturated carbocycles. The normalized spacial score (nSPS) is 11.5. The van der Waals surface area contributed by atoms with Gasteiger partial charge in [0, 0.05) is 0 Å². The standard InChI is InChI=1S/C46H30/c1-2-10-35(11-3-1)45-30-40-28-38(33-19-17-32(18-20-33)37-22-21-31-9-4-5-13-36(31)27-37)23-25-43(40)44-26-24-39(29-46(44)45)42-16-8-14-34-12-6-7-15-41(34)42/h1-30H. The zero-order valence-corrected chi connectivity index (χ0v) is 25.3. The number of rotatable bonds is 4. The van der Waals surface area contributed by atoms with Gasteiger partial charge in [0.1, 0.15) is 0 Å². The quantitative estimate of drug-likeness (QED) is 0.181. The van der Waals surface area contributed by atoms with Gasteiger partial charge in [-0.3, -0.25) is 0 Å². The summed E-state index contributed by atoms with van der Waals surface area (Å²) in [5.41, 5.74) is 9.91. The van der Waals surface area contributed by atoms with Crippen LogP contribution in [0.3, 0.4) is 0 Å². The molecule has 214 valence electrons. The van der Waals surface area contributed by atoms with E-state index in [1.54, 1.807) is 0 Å². The van der Waals surface area contributed by atoms with Gasteiger partial charge >= 0.3 is 0 Å². The second-order valence-electron chi connectivity index (χ2n) is 12.2. The van der Waals surface area contributed by atoms with Gasteiger partial charge in [-0.2, -0.15) is 0 Å². The molecule has 0 amide bonds. The molecule has 0 radical (unpaired) electrons. The van der Waals surface area contributed by atoms with Crippen LogP contribution in [-0.4, -0.2) is 0 Å². The van der Waals surface area contributed by atoms with Crippen LogP contribution < -0.4 is 0 Å². The Bertz CT molecular complexity index is 2550. The highest BCUT2D eigenvalue weighted by molar-refractivity contribution is 6.16. The molecule has 46 heavy (non-hydrogen) atoms. The van der Waals surface area contributed by atoms with Crippen molar-refractivity contribution in [1.82, 2.24) is 0 Å². The third-order valence-electron chi connectivity index (χ3n) is 9.44. The molecule has 0 fully saturated rings. The lowest BCUT2D eigenvalue weighted by Gasteiger charge is -2.15. The van der Waals surface area contributed by atoms with Gasteiger partial charge in [0.15, 0.2) is 0 Å². The van der Waals surface area contributed by atoms with E-state index in [2.05, 4.69) is 182 Å². The average Bonchev–Trinajstić information content (AvgIpc) is 3.14. The fourth-order valence-electron chi connectivity index (χ4n) is 7.07. The summed E-state index contributed by atoms with van der Waals surface area (Å²) in [5.74, 6) is 0. The first kappa shape index (κ1) is 26.4. The maximum Gasteiger partial charge on any atom is -0.00928 e. The molecule has 0 spiro atoms. The van der Waals surface area contributed by atoms with E-state index in [0.29, 0.717) is 0 Å². The average molecular weight is 583 g/mol. The van der Waals surface area contributed by atoms with Crippen LogP contribution in [0, 0.1) is 0 Å². The lowest BCUT2D eigenvalue weighted by molar-refractivity contribution is 1.61. The minimum Gasteiger partial charge on any atom is -0.0622 e. The van der Waals surface area contributed by atoms with E-state index in [0.717, 1.165) is 0 Å². The largest absolute Gasteiger partial charge is 0.0622 e. The van der Waals surface area contributed by atoms with Crippen molar-refractivity contribution in [3.05, 3.63) is 182 Å². The lowest BCUT2D eigenvalue weighted by Crippen LogP contribution is -1.88. The molecule has 0 heteroatoms. The first-order valence-corrected chi connectivity index (χ1v) is 15.9. The van der Waals surface area contributed by atoms with Gasteiger partial charge in [0.2, 0.25) is 0 Å². The van der Waals surface area contributed by atoms with E-state index in [1.165, 1.54) is 87.6 Å². The summed E-state index contributed by atoms with van der Waals surface area (Å²) >= 11 is 0. The third-order valence-corrected chi connectivity index (χ3v) is 9.44. The van der Waals surface area contributed by atoms with Crippen LogP contribution in [0.2, 0.25) is 0 Å². The highest BCUT2D eigenvalue weighted by Crippen LogP contribution is 2.40. The highest BCUT2D eigenvalue weighted by Gasteiger charge is 2.13. The van der Waals surface area contributed by atoms with Gasteiger partial charge in [0.05, 0.1) is 0 Å². The van der Waals surface area contributed by atoms with Gasteiger partial charge in [-0.25, -0.2) is 0 Å². The molecule has 9 aromatic rings. The van der Waals surface area contributed by atoms with E-state index >= 15 is 0 Å². The van der Waals surface area contributed by atoms with Crippen LogP contribution in [0.5, 0.6) is 0 Å². The Morgan fingerprint density at radius 2 is 0.783 bits per heavy atom. The summed E-state index contributed by atoms with van der Waals surface area (Å²) in [6.07, 6.45) is 0. The van der Waals surface area contributed by atoms with Gasteiger partial charge < -0.3 is 0 Å². The summed E-state index contributed by atoms with van der Waals surface area (Å²) < 4.78 is 0. The second-order valence-corrected chi connectivity index (χ2v) is 12.2. The molecule has 0 nitrogen and oxygen atoms in total. The molecule has 0 aliphatic heterocycles. The monoisotopic (exact) mass is 582 g/mol. The van der Waals surface area contributed by atoms with Crippen molar-refractivity contribution in [3.8, 4) is 44.5 Å². The number of hydrogen-bond donors (Lipinski definition) is 0. The molecule has 9 aromatic carbocycles. The van der Waals surface area contributed by atoms with Crippen molar-refractivity contribution >= 4 is 43.1 Å². The van der Waals surface area contributed by atoms with Gasteiger partial charge in [0.25, 0.3) is 0 Å². The first-order valence-electron chi connectivity index (χ1n) is 15.9. The highest BCUT2D eigenvalue weighted by atomic mass is 14.2. The van der Waals surface area contributed by atoms with Crippen molar-refractivity contribution in [3.63, 3.8) is 0 Å². The molecular formula is C46H30. The Labute approximate surface area is 268 Å². The van der Waals surface area contributed by atoms with Crippen LogP contribution in [0.25, 0.3) is 87.6 Å². The Balaban J connectivity index is 1.17. The van der Waals surface area contributed by atoms with E-state index in [-0.39, 0.29) is 0 Å². The van der Waals surface area contributed by atoms with Crippen LogP contribution in [0.15, 0.2) is 182 Å². The topological polar surface area (TPSA) is 0 Å². The molecule has 9 rings (SSSR count). The molecule has 0 N–H and O–H groups in total. The van der Waals surface area contributed by atoms with Crippen LogP contribution in [0.1, 0.15) is 0 Å². The summed E-state index contributed by atoms with van der Waals surface area (Å²) in [5, 5.41) is 10.2. The fourth-order valence-corrected chi connectivity index (χ4v) is 7.07. The molecule has 0 aliphatic rings. The summed E-state index contributed by atoms with van der Waals surface area (Å²) in [7, 11) is 0. The van der Waals surface area contributed by atoms with E-state index in [1.807, 2.05) is 0 Å². The van der Waals surface area contributed by atoms with Crippen LogP contribution in [-0.2, 0) is 0 Å². The van der Waals surface area contributed by atoms with Gasteiger partial charge in [-0.15, -0.1) is 0 Å². The number of fused-ring (bicyclic) bond motifs is 5. The van der Waals surface area contributed by atoms with Crippen molar-refractivity contribution < 1.29 is 0 Å². The molecule has 0 heterocycles. The van der Waals surface area contributed by atoms with E-state index in [4.69, 9.17) is 0 Å². The van der Waals surface area contributed by atoms with Crippen molar-refractivity contribution in [2.75, 3.05) is 0 Å². The SMILES string of the molecule is c1ccc(-c2cc3cc(-c4ccc(-c5ccc6ccccc6c5)cc4)ccc3c3ccc(-c4cccc5ccccc45)cc23)cc1. The Morgan fingerprint density at radius 1 is 0.196 bits per heavy atom. The first-order chi connectivity index (χ1) is 22.8. The summed E-state index contributed by atoms with van der Waals surface area (Å²) in [6, 6.07) is 66.6. The number of hydrogen-bond acceptors (Lipinski definition) is 0. The van der Waals surface area contributed by atoms with Crippen molar-refractivity contribution in [1.29, 1.82) is 0 Å². The van der Waals surface area contributed by atoms with Gasteiger partial charge in [-0.1, -0.05) is 158 Å². The van der Waals surface area contributed by atoms with Crippen molar-refractivity contribution in [2.24, 2.45) is 0 Å². The van der Waals surface area contributed by atoms with E-state index in [9.17, 15) is 0 Å². The fraction of sp³-hybridized carbons (Fsp3) is 0. The summed E-state index contributed by atoms with van der Waals surface area (Å²) in [4.78, 5) is 0. The summed E-state index contributed by atoms with van der Waals surface area (Å²) in [6.45, 7) is 0. The molecule has 0 bridgehead atoms. The Morgan fingerprint density at radius 3 is 1.59 bits per heavy atom. The van der Waals surface area contributed by atoms with Crippen LogP contribution >= 0.6 is 0 Å². The maximum absolute atomic E-state index is 2.39. The zero-order chi connectivity index (χ0) is 30.5. The number of benzene rings is 9.